The Morgan fingerprint density at radius 1 is 0.955 bits per heavy atom. The molecule has 0 unspecified atom stereocenters. The van der Waals surface area contributed by atoms with Crippen molar-refractivity contribution < 1.29 is 9.53 Å². The average molecular weight is 292 g/mol. The van der Waals surface area contributed by atoms with E-state index < -0.39 is 0 Å². The van der Waals surface area contributed by atoms with Gasteiger partial charge in [0.05, 0.1) is 18.3 Å². The van der Waals surface area contributed by atoms with Crippen molar-refractivity contribution in [1.82, 2.24) is 9.78 Å². The van der Waals surface area contributed by atoms with Gasteiger partial charge in [-0.15, -0.1) is 0 Å². The zero-order valence-electron chi connectivity index (χ0n) is 12.1. The summed E-state index contributed by atoms with van der Waals surface area (Å²) in [4.78, 5) is 11.9. The van der Waals surface area contributed by atoms with Gasteiger partial charge in [-0.25, -0.2) is 4.68 Å². The van der Waals surface area contributed by atoms with Gasteiger partial charge in [-0.3, -0.25) is 4.79 Å². The van der Waals surface area contributed by atoms with Crippen LogP contribution in [0.4, 0.5) is 0 Å². The van der Waals surface area contributed by atoms with Crippen LogP contribution in [-0.4, -0.2) is 15.7 Å². The monoisotopic (exact) mass is 292 g/mol. The number of esters is 1. The van der Waals surface area contributed by atoms with Crippen molar-refractivity contribution in [1.29, 1.82) is 0 Å². The van der Waals surface area contributed by atoms with Crippen molar-refractivity contribution in [3.63, 3.8) is 0 Å². The van der Waals surface area contributed by atoms with Crippen molar-refractivity contribution in [2.75, 3.05) is 0 Å². The smallest absolute Gasteiger partial charge is 0.310 e. The Bertz CT molecular complexity index is 736. The molecule has 110 valence electrons. The van der Waals surface area contributed by atoms with Crippen molar-refractivity contribution >= 4 is 5.97 Å². The molecule has 3 rings (SSSR count). The summed E-state index contributed by atoms with van der Waals surface area (Å²) in [5.41, 5.74) is 2.78. The summed E-state index contributed by atoms with van der Waals surface area (Å²) in [5.74, 6) is -0.253. The molecule has 0 aliphatic heterocycles. The minimum Gasteiger partial charge on any atom is -0.461 e. The van der Waals surface area contributed by atoms with E-state index in [-0.39, 0.29) is 12.4 Å². The minimum atomic E-state index is -0.253. The molecule has 0 bridgehead atoms. The van der Waals surface area contributed by atoms with E-state index in [9.17, 15) is 4.79 Å². The Hall–Kier alpha value is -2.88. The molecule has 0 saturated heterocycles. The van der Waals surface area contributed by atoms with Crippen LogP contribution in [0.2, 0.25) is 0 Å². The van der Waals surface area contributed by atoms with Crippen LogP contribution in [-0.2, 0) is 22.6 Å². The van der Waals surface area contributed by atoms with E-state index in [1.807, 2.05) is 66.9 Å². The van der Waals surface area contributed by atoms with E-state index in [1.54, 1.807) is 10.9 Å². The van der Waals surface area contributed by atoms with Crippen molar-refractivity contribution in [3.8, 4) is 5.69 Å². The standard InChI is InChI=1S/C18H16N2O2/c21-18(22-14-15-7-3-1-4-8-15)11-16-12-19-20(13-16)17-9-5-2-6-10-17/h1-10,12-13H,11,14H2. The van der Waals surface area contributed by atoms with Gasteiger partial charge in [0, 0.05) is 11.8 Å². The molecule has 22 heavy (non-hydrogen) atoms. The number of hydrogen-bond donors (Lipinski definition) is 0. The van der Waals surface area contributed by atoms with Crippen molar-refractivity contribution in [3.05, 3.63) is 84.2 Å². The molecule has 0 spiro atoms. The van der Waals surface area contributed by atoms with Crippen LogP contribution in [0.5, 0.6) is 0 Å². The first-order chi connectivity index (χ1) is 10.8. The van der Waals surface area contributed by atoms with E-state index in [4.69, 9.17) is 4.74 Å². The summed E-state index contributed by atoms with van der Waals surface area (Å²) in [6.45, 7) is 0.298. The third-order valence-corrected chi connectivity index (χ3v) is 3.25. The highest BCUT2D eigenvalue weighted by atomic mass is 16.5. The van der Waals surface area contributed by atoms with Crippen LogP contribution in [0.3, 0.4) is 0 Å². The molecule has 3 aromatic rings. The van der Waals surface area contributed by atoms with Crippen LogP contribution >= 0.6 is 0 Å². The summed E-state index contributed by atoms with van der Waals surface area (Å²) in [5, 5.41) is 4.27. The Labute approximate surface area is 129 Å². The predicted molar refractivity (Wildman–Crippen MR) is 83.5 cm³/mol. The highest BCUT2D eigenvalue weighted by Crippen LogP contribution is 2.09. The molecular weight excluding hydrogens is 276 g/mol. The number of carbonyl (C=O) groups excluding carboxylic acids is 1. The third-order valence-electron chi connectivity index (χ3n) is 3.25. The number of carbonyl (C=O) groups is 1. The predicted octanol–water partition coefficient (Wildman–Crippen LogP) is 3.16. The first-order valence-electron chi connectivity index (χ1n) is 7.10. The fourth-order valence-corrected chi connectivity index (χ4v) is 2.13. The zero-order valence-corrected chi connectivity index (χ0v) is 12.1. The maximum absolute atomic E-state index is 11.9. The minimum absolute atomic E-state index is 0.222. The molecule has 0 aliphatic rings. The maximum atomic E-state index is 11.9. The fourth-order valence-electron chi connectivity index (χ4n) is 2.13. The molecule has 0 aliphatic carbocycles. The van der Waals surface area contributed by atoms with Crippen molar-refractivity contribution in [2.45, 2.75) is 13.0 Å². The lowest BCUT2D eigenvalue weighted by atomic mass is 10.2. The van der Waals surface area contributed by atoms with Gasteiger partial charge in [-0.2, -0.15) is 5.10 Å². The molecular formula is C18H16N2O2. The molecule has 1 heterocycles. The van der Waals surface area contributed by atoms with E-state index in [0.717, 1.165) is 16.8 Å². The second-order valence-electron chi connectivity index (χ2n) is 4.95. The Kier molecular flexibility index (Phi) is 4.30. The largest absolute Gasteiger partial charge is 0.461 e. The lowest BCUT2D eigenvalue weighted by Gasteiger charge is -2.03. The molecule has 0 atom stereocenters. The number of aromatic nitrogens is 2. The van der Waals surface area contributed by atoms with E-state index in [2.05, 4.69) is 5.10 Å². The molecule has 0 radical (unpaired) electrons. The fraction of sp³-hybridized carbons (Fsp3) is 0.111. The van der Waals surface area contributed by atoms with Gasteiger partial charge in [0.25, 0.3) is 0 Å². The second kappa shape index (κ2) is 6.72. The number of hydrogen-bond acceptors (Lipinski definition) is 3. The van der Waals surface area contributed by atoms with E-state index >= 15 is 0 Å². The SMILES string of the molecule is O=C(Cc1cnn(-c2ccccc2)c1)OCc1ccccc1. The average Bonchev–Trinajstić information content (AvgIpc) is 3.03. The molecule has 0 N–H and O–H groups in total. The molecule has 4 nitrogen and oxygen atoms in total. The van der Waals surface area contributed by atoms with Crippen LogP contribution in [0, 0.1) is 0 Å². The molecule has 4 heteroatoms. The van der Waals surface area contributed by atoms with E-state index in [0.29, 0.717) is 6.61 Å². The van der Waals surface area contributed by atoms with Gasteiger partial charge >= 0.3 is 5.97 Å². The van der Waals surface area contributed by atoms with Crippen LogP contribution < -0.4 is 0 Å². The van der Waals surface area contributed by atoms with Crippen LogP contribution in [0.15, 0.2) is 73.1 Å². The van der Waals surface area contributed by atoms with Gasteiger partial charge in [0.1, 0.15) is 6.61 Å². The van der Waals surface area contributed by atoms with E-state index in [1.165, 1.54) is 0 Å². The van der Waals surface area contributed by atoms with Gasteiger partial charge in [-0.05, 0) is 17.7 Å². The second-order valence-corrected chi connectivity index (χ2v) is 4.95. The maximum Gasteiger partial charge on any atom is 0.310 e. The van der Waals surface area contributed by atoms with Gasteiger partial charge < -0.3 is 4.74 Å². The highest BCUT2D eigenvalue weighted by Gasteiger charge is 2.08. The summed E-state index contributed by atoms with van der Waals surface area (Å²) < 4.78 is 7.02. The first-order valence-corrected chi connectivity index (χ1v) is 7.10. The van der Waals surface area contributed by atoms with Gasteiger partial charge in [0.2, 0.25) is 0 Å². The quantitative estimate of drug-likeness (QED) is 0.678. The van der Waals surface area contributed by atoms with Gasteiger partial charge in [0.15, 0.2) is 0 Å². The summed E-state index contributed by atoms with van der Waals surface area (Å²) in [7, 11) is 0. The Morgan fingerprint density at radius 3 is 2.36 bits per heavy atom. The molecule has 0 saturated carbocycles. The Balaban J connectivity index is 1.57. The molecule has 2 aromatic carbocycles. The topological polar surface area (TPSA) is 44.1 Å². The lowest BCUT2D eigenvalue weighted by molar-refractivity contribution is -0.144. The normalized spacial score (nSPS) is 10.4. The summed E-state index contributed by atoms with van der Waals surface area (Å²) >= 11 is 0. The van der Waals surface area contributed by atoms with Crippen LogP contribution in [0.25, 0.3) is 5.69 Å². The van der Waals surface area contributed by atoms with Crippen LogP contribution in [0.1, 0.15) is 11.1 Å². The highest BCUT2D eigenvalue weighted by molar-refractivity contribution is 5.72. The van der Waals surface area contributed by atoms with Crippen molar-refractivity contribution in [2.24, 2.45) is 0 Å². The van der Waals surface area contributed by atoms with Gasteiger partial charge in [-0.1, -0.05) is 48.5 Å². The lowest BCUT2D eigenvalue weighted by Crippen LogP contribution is -2.07. The number of rotatable bonds is 5. The number of nitrogens with zero attached hydrogens (tertiary/aromatic N) is 2. The zero-order chi connectivity index (χ0) is 15.2. The molecule has 1 aromatic heterocycles. The third kappa shape index (κ3) is 3.61. The number of benzene rings is 2. The Morgan fingerprint density at radius 2 is 1.64 bits per heavy atom. The number of para-hydroxylation sites is 1. The first kappa shape index (κ1) is 14.1. The summed E-state index contributed by atoms with van der Waals surface area (Å²) in [6.07, 6.45) is 3.76. The summed E-state index contributed by atoms with van der Waals surface area (Å²) in [6, 6.07) is 19.4. The molecule has 0 amide bonds. The molecule has 0 fully saturated rings. The number of ether oxygens (including phenoxy) is 1.